The summed E-state index contributed by atoms with van der Waals surface area (Å²) in [5, 5.41) is 3.43. The fourth-order valence-corrected chi connectivity index (χ4v) is 2.75. The largest absolute Gasteiger partial charge is 0.469 e. The Morgan fingerprint density at radius 3 is 2.62 bits per heavy atom. The summed E-state index contributed by atoms with van der Waals surface area (Å²) < 4.78 is 4.83. The molecule has 0 aliphatic heterocycles. The average Bonchev–Trinajstić information content (AvgIpc) is 2.92. The van der Waals surface area contributed by atoms with E-state index in [-0.39, 0.29) is 11.4 Å². The highest BCUT2D eigenvalue weighted by Crippen LogP contribution is 2.46. The molecule has 3 nitrogen and oxygen atoms in total. The molecule has 92 valence electrons. The Kier molecular flexibility index (Phi) is 3.85. The first-order chi connectivity index (χ1) is 7.77. The van der Waals surface area contributed by atoms with Crippen molar-refractivity contribution in [3.63, 3.8) is 0 Å². The van der Waals surface area contributed by atoms with Gasteiger partial charge in [0.25, 0.3) is 0 Å². The molecule has 0 unspecified atom stereocenters. The molecule has 0 aromatic heterocycles. The quantitative estimate of drug-likeness (QED) is 0.556. The molecule has 16 heavy (non-hydrogen) atoms. The minimum absolute atomic E-state index is 0.0270. The van der Waals surface area contributed by atoms with Gasteiger partial charge in [-0.2, -0.15) is 0 Å². The van der Waals surface area contributed by atoms with Crippen LogP contribution >= 0.6 is 0 Å². The van der Waals surface area contributed by atoms with E-state index in [0.29, 0.717) is 0 Å². The van der Waals surface area contributed by atoms with E-state index >= 15 is 0 Å². The van der Waals surface area contributed by atoms with Gasteiger partial charge in [-0.1, -0.05) is 25.7 Å². The zero-order chi connectivity index (χ0) is 11.4. The molecule has 0 saturated heterocycles. The second-order valence-corrected chi connectivity index (χ2v) is 5.39. The highest BCUT2D eigenvalue weighted by molar-refractivity contribution is 5.80. The number of carbonyl (C=O) groups is 1. The van der Waals surface area contributed by atoms with E-state index in [1.54, 1.807) is 0 Å². The molecule has 1 N–H and O–H groups in total. The number of nitrogens with one attached hydrogen (secondary N) is 1. The molecule has 0 spiro atoms. The summed E-state index contributed by atoms with van der Waals surface area (Å²) in [5.41, 5.74) is -0.162. The number of ether oxygens (including phenoxy) is 1. The van der Waals surface area contributed by atoms with Crippen LogP contribution in [0.25, 0.3) is 0 Å². The van der Waals surface area contributed by atoms with Crippen molar-refractivity contribution in [2.75, 3.05) is 20.2 Å². The summed E-state index contributed by atoms with van der Waals surface area (Å²) in [7, 11) is 1.49. The van der Waals surface area contributed by atoms with Gasteiger partial charge in [0.05, 0.1) is 12.5 Å². The molecule has 0 atom stereocenters. The smallest absolute Gasteiger partial charge is 0.313 e. The lowest BCUT2D eigenvalue weighted by atomic mass is 10.0. The molecule has 0 bridgehead atoms. The van der Waals surface area contributed by atoms with E-state index in [9.17, 15) is 4.79 Å². The van der Waals surface area contributed by atoms with Gasteiger partial charge in [0.2, 0.25) is 0 Å². The maximum absolute atomic E-state index is 11.5. The van der Waals surface area contributed by atoms with E-state index in [1.165, 1.54) is 39.2 Å². The van der Waals surface area contributed by atoms with Gasteiger partial charge in [0.15, 0.2) is 0 Å². The Labute approximate surface area is 97.9 Å². The number of methoxy groups -OCH3 is 1. The second kappa shape index (κ2) is 5.17. The minimum atomic E-state index is -0.162. The first-order valence-electron chi connectivity index (χ1n) is 6.56. The van der Waals surface area contributed by atoms with Crippen LogP contribution in [0, 0.1) is 11.3 Å². The predicted octanol–water partition coefficient (Wildman–Crippen LogP) is 2.11. The zero-order valence-electron chi connectivity index (χ0n) is 10.3. The SMILES string of the molecule is COC(=O)C1(CNCCC2CCCC2)CC1. The van der Waals surface area contributed by atoms with Crippen LogP contribution < -0.4 is 5.32 Å². The molecular weight excluding hydrogens is 202 g/mol. The highest BCUT2D eigenvalue weighted by Gasteiger charge is 2.50. The molecule has 2 rings (SSSR count). The van der Waals surface area contributed by atoms with E-state index in [1.807, 2.05) is 0 Å². The van der Waals surface area contributed by atoms with Gasteiger partial charge in [0, 0.05) is 6.54 Å². The lowest BCUT2D eigenvalue weighted by Crippen LogP contribution is -2.32. The van der Waals surface area contributed by atoms with Crippen LogP contribution in [-0.4, -0.2) is 26.2 Å². The van der Waals surface area contributed by atoms with E-state index in [4.69, 9.17) is 4.74 Å². The monoisotopic (exact) mass is 225 g/mol. The van der Waals surface area contributed by atoms with Gasteiger partial charge >= 0.3 is 5.97 Å². The predicted molar refractivity (Wildman–Crippen MR) is 63.1 cm³/mol. The summed E-state index contributed by atoms with van der Waals surface area (Å²) >= 11 is 0. The van der Waals surface area contributed by atoms with Gasteiger partial charge in [0.1, 0.15) is 0 Å². The first kappa shape index (κ1) is 11.9. The molecule has 0 heterocycles. The summed E-state index contributed by atoms with van der Waals surface area (Å²) in [4.78, 5) is 11.5. The average molecular weight is 225 g/mol. The van der Waals surface area contributed by atoms with E-state index < -0.39 is 0 Å². The summed E-state index contributed by atoms with van der Waals surface area (Å²) in [6, 6.07) is 0. The molecule has 0 aromatic carbocycles. The molecule has 2 aliphatic rings. The van der Waals surface area contributed by atoms with Crippen LogP contribution in [0.15, 0.2) is 0 Å². The van der Waals surface area contributed by atoms with E-state index in [2.05, 4.69) is 5.32 Å². The molecule has 2 aliphatic carbocycles. The van der Waals surface area contributed by atoms with Crippen molar-refractivity contribution in [2.45, 2.75) is 44.9 Å². The lowest BCUT2D eigenvalue weighted by Gasteiger charge is -2.14. The fourth-order valence-electron chi connectivity index (χ4n) is 2.75. The van der Waals surface area contributed by atoms with Crippen molar-refractivity contribution in [1.29, 1.82) is 0 Å². The highest BCUT2D eigenvalue weighted by atomic mass is 16.5. The van der Waals surface area contributed by atoms with Gasteiger partial charge in [-0.15, -0.1) is 0 Å². The second-order valence-electron chi connectivity index (χ2n) is 5.39. The first-order valence-corrected chi connectivity index (χ1v) is 6.56. The van der Waals surface area contributed by atoms with Crippen LogP contribution in [-0.2, 0) is 9.53 Å². The lowest BCUT2D eigenvalue weighted by molar-refractivity contribution is -0.146. The number of esters is 1. The third-order valence-electron chi connectivity index (χ3n) is 4.14. The minimum Gasteiger partial charge on any atom is -0.469 e. The van der Waals surface area contributed by atoms with Gasteiger partial charge < -0.3 is 10.1 Å². The Bertz CT molecular complexity index is 242. The molecule has 0 radical (unpaired) electrons. The molecule has 0 amide bonds. The van der Waals surface area contributed by atoms with Crippen molar-refractivity contribution in [1.82, 2.24) is 5.32 Å². The summed E-state index contributed by atoms with van der Waals surface area (Å²) in [6.07, 6.45) is 8.91. The van der Waals surface area contributed by atoms with Crippen molar-refractivity contribution < 1.29 is 9.53 Å². The number of rotatable bonds is 6. The molecule has 0 aromatic rings. The molecular formula is C13H23NO2. The third kappa shape index (κ3) is 2.76. The maximum atomic E-state index is 11.5. The van der Waals surface area contributed by atoms with Crippen LogP contribution in [0.5, 0.6) is 0 Å². The standard InChI is InChI=1S/C13H23NO2/c1-16-12(15)13(7-8-13)10-14-9-6-11-4-2-3-5-11/h11,14H,2-10H2,1H3. The Morgan fingerprint density at radius 2 is 2.06 bits per heavy atom. The van der Waals surface area contributed by atoms with Crippen molar-refractivity contribution >= 4 is 5.97 Å². The summed E-state index contributed by atoms with van der Waals surface area (Å²) in [5.74, 6) is 0.904. The zero-order valence-corrected chi connectivity index (χ0v) is 10.3. The molecule has 2 fully saturated rings. The number of hydrogen-bond acceptors (Lipinski definition) is 3. The third-order valence-corrected chi connectivity index (χ3v) is 4.14. The fraction of sp³-hybridized carbons (Fsp3) is 0.923. The van der Waals surface area contributed by atoms with Gasteiger partial charge in [-0.05, 0) is 31.7 Å². The van der Waals surface area contributed by atoms with Crippen molar-refractivity contribution in [2.24, 2.45) is 11.3 Å². The Balaban J connectivity index is 1.59. The van der Waals surface area contributed by atoms with Crippen molar-refractivity contribution in [3.8, 4) is 0 Å². The number of hydrogen-bond donors (Lipinski definition) is 1. The van der Waals surface area contributed by atoms with Crippen LogP contribution in [0.2, 0.25) is 0 Å². The normalized spacial score (nSPS) is 23.3. The van der Waals surface area contributed by atoms with Gasteiger partial charge in [-0.3, -0.25) is 4.79 Å². The summed E-state index contributed by atoms with van der Waals surface area (Å²) in [6.45, 7) is 1.87. The van der Waals surface area contributed by atoms with Crippen LogP contribution in [0.4, 0.5) is 0 Å². The molecule has 2 saturated carbocycles. The topological polar surface area (TPSA) is 38.3 Å². The molecule has 3 heteroatoms. The Hall–Kier alpha value is -0.570. The number of carbonyl (C=O) groups excluding carboxylic acids is 1. The van der Waals surface area contributed by atoms with E-state index in [0.717, 1.165) is 31.8 Å². The van der Waals surface area contributed by atoms with Crippen molar-refractivity contribution in [3.05, 3.63) is 0 Å². The van der Waals surface area contributed by atoms with Crippen LogP contribution in [0.1, 0.15) is 44.9 Å². The Morgan fingerprint density at radius 1 is 1.38 bits per heavy atom. The maximum Gasteiger partial charge on any atom is 0.313 e. The van der Waals surface area contributed by atoms with Gasteiger partial charge in [-0.25, -0.2) is 0 Å². The van der Waals surface area contributed by atoms with Crippen LogP contribution in [0.3, 0.4) is 0 Å².